The summed E-state index contributed by atoms with van der Waals surface area (Å²) in [4.78, 5) is 10.3. The Morgan fingerprint density at radius 1 is 1.08 bits per heavy atom. The van der Waals surface area contributed by atoms with Crippen LogP contribution in [-0.4, -0.2) is 13.3 Å². The molecular formula is C17H20N2O4S. The largest absolute Gasteiger partial charge is 0.279 e. The zero-order chi connectivity index (χ0) is 17.9. The maximum absolute atomic E-state index is 12.8. The maximum atomic E-state index is 12.8. The van der Waals surface area contributed by atoms with Crippen LogP contribution in [0.2, 0.25) is 0 Å². The Kier molecular flexibility index (Phi) is 5.23. The van der Waals surface area contributed by atoms with Gasteiger partial charge in [0, 0.05) is 12.1 Å². The molecule has 0 amide bonds. The van der Waals surface area contributed by atoms with Crippen LogP contribution in [0.4, 0.5) is 11.4 Å². The van der Waals surface area contributed by atoms with E-state index < -0.39 is 14.9 Å². The van der Waals surface area contributed by atoms with Crippen LogP contribution in [0.25, 0.3) is 0 Å². The molecule has 2 rings (SSSR count). The minimum absolute atomic E-state index is 0.0790. The number of nitro groups is 1. The lowest BCUT2D eigenvalue weighted by Gasteiger charge is -2.16. The van der Waals surface area contributed by atoms with Gasteiger partial charge in [0.05, 0.1) is 15.5 Å². The van der Waals surface area contributed by atoms with E-state index in [-0.39, 0.29) is 10.6 Å². The summed E-state index contributed by atoms with van der Waals surface area (Å²) in [6, 6.07) is 9.48. The molecule has 0 bridgehead atoms. The van der Waals surface area contributed by atoms with Gasteiger partial charge in [0.2, 0.25) is 0 Å². The topological polar surface area (TPSA) is 89.3 Å². The molecule has 0 spiro atoms. The molecule has 0 aliphatic carbocycles. The molecule has 0 atom stereocenters. The lowest BCUT2D eigenvalue weighted by atomic mass is 10.0. The van der Waals surface area contributed by atoms with Crippen LogP contribution in [0.3, 0.4) is 0 Å². The van der Waals surface area contributed by atoms with Crippen molar-refractivity contribution in [2.45, 2.75) is 38.5 Å². The predicted molar refractivity (Wildman–Crippen MR) is 93.8 cm³/mol. The SMILES string of the molecule is CCc1cccc(CC)c1NS(=O)(=O)c1cc([N+](=O)[O-])ccc1C. The predicted octanol–water partition coefficient (Wildman–Crippen LogP) is 3.83. The molecule has 0 aromatic heterocycles. The third-order valence-electron chi connectivity index (χ3n) is 3.91. The van der Waals surface area contributed by atoms with Crippen molar-refractivity contribution < 1.29 is 13.3 Å². The van der Waals surface area contributed by atoms with Gasteiger partial charge >= 0.3 is 0 Å². The molecule has 0 saturated heterocycles. The summed E-state index contributed by atoms with van der Waals surface area (Å²) in [5.41, 5.74) is 2.55. The third kappa shape index (κ3) is 3.56. The van der Waals surface area contributed by atoms with Gasteiger partial charge < -0.3 is 0 Å². The molecular weight excluding hydrogens is 328 g/mol. The summed E-state index contributed by atoms with van der Waals surface area (Å²) in [7, 11) is -3.92. The van der Waals surface area contributed by atoms with Crippen molar-refractivity contribution in [1.29, 1.82) is 0 Å². The van der Waals surface area contributed by atoms with Crippen molar-refractivity contribution in [2.24, 2.45) is 0 Å². The average Bonchev–Trinajstić information content (AvgIpc) is 2.54. The van der Waals surface area contributed by atoms with E-state index in [0.717, 1.165) is 17.2 Å². The van der Waals surface area contributed by atoms with Crippen molar-refractivity contribution >= 4 is 21.4 Å². The Morgan fingerprint density at radius 2 is 1.67 bits per heavy atom. The number of non-ortho nitro benzene ring substituents is 1. The molecule has 6 nitrogen and oxygen atoms in total. The number of aryl methyl sites for hydroxylation is 3. The number of nitro benzene ring substituents is 1. The van der Waals surface area contributed by atoms with E-state index in [1.807, 2.05) is 32.0 Å². The lowest BCUT2D eigenvalue weighted by molar-refractivity contribution is -0.385. The molecule has 0 saturated carbocycles. The van der Waals surface area contributed by atoms with Crippen LogP contribution in [0.5, 0.6) is 0 Å². The molecule has 24 heavy (non-hydrogen) atoms. The van der Waals surface area contributed by atoms with Crippen molar-refractivity contribution in [3.8, 4) is 0 Å². The summed E-state index contributed by atoms with van der Waals surface area (Å²) < 4.78 is 28.2. The monoisotopic (exact) mass is 348 g/mol. The molecule has 0 aliphatic rings. The van der Waals surface area contributed by atoms with Gasteiger partial charge in [-0.15, -0.1) is 0 Å². The highest BCUT2D eigenvalue weighted by Crippen LogP contribution is 2.28. The van der Waals surface area contributed by atoms with Crippen LogP contribution < -0.4 is 4.72 Å². The first-order valence-corrected chi connectivity index (χ1v) is 9.17. The quantitative estimate of drug-likeness (QED) is 0.634. The normalized spacial score (nSPS) is 11.3. The average molecular weight is 348 g/mol. The Morgan fingerprint density at radius 3 is 2.17 bits per heavy atom. The Bertz CT molecular complexity index is 854. The van der Waals surface area contributed by atoms with Crippen LogP contribution in [0.1, 0.15) is 30.5 Å². The number of benzene rings is 2. The number of nitrogens with zero attached hydrogens (tertiary/aromatic N) is 1. The lowest BCUT2D eigenvalue weighted by Crippen LogP contribution is -2.17. The summed E-state index contributed by atoms with van der Waals surface area (Å²) in [6.07, 6.45) is 1.36. The Labute approximate surface area is 141 Å². The van der Waals surface area contributed by atoms with Crippen molar-refractivity contribution in [1.82, 2.24) is 0 Å². The summed E-state index contributed by atoms with van der Waals surface area (Å²) in [5, 5.41) is 10.9. The van der Waals surface area contributed by atoms with E-state index in [1.165, 1.54) is 12.1 Å². The fourth-order valence-corrected chi connectivity index (χ4v) is 3.96. The molecule has 1 N–H and O–H groups in total. The van der Waals surface area contributed by atoms with Gasteiger partial charge in [0.25, 0.3) is 15.7 Å². The first kappa shape index (κ1) is 17.9. The minimum atomic E-state index is -3.92. The smallest absolute Gasteiger partial charge is 0.270 e. The van der Waals surface area contributed by atoms with Gasteiger partial charge in [-0.2, -0.15) is 0 Å². The number of sulfonamides is 1. The molecule has 0 aliphatic heterocycles. The summed E-state index contributed by atoms with van der Waals surface area (Å²) >= 11 is 0. The summed E-state index contributed by atoms with van der Waals surface area (Å²) in [6.45, 7) is 5.51. The minimum Gasteiger partial charge on any atom is -0.279 e. The van der Waals surface area contributed by atoms with E-state index in [2.05, 4.69) is 4.72 Å². The van der Waals surface area contributed by atoms with Gasteiger partial charge in [-0.05, 0) is 36.5 Å². The zero-order valence-corrected chi connectivity index (χ0v) is 14.7. The molecule has 128 valence electrons. The van der Waals surface area contributed by atoms with E-state index in [9.17, 15) is 18.5 Å². The van der Waals surface area contributed by atoms with Gasteiger partial charge in [-0.3, -0.25) is 14.8 Å². The van der Waals surface area contributed by atoms with Crippen LogP contribution in [-0.2, 0) is 22.9 Å². The highest BCUT2D eigenvalue weighted by molar-refractivity contribution is 7.92. The molecule has 0 unspecified atom stereocenters. The first-order chi connectivity index (χ1) is 11.3. The summed E-state index contributed by atoms with van der Waals surface area (Å²) in [5.74, 6) is 0. The standard InChI is InChI=1S/C17H20N2O4S/c1-4-13-7-6-8-14(5-2)17(13)18-24(22,23)16-11-15(19(20)21)10-9-12(16)3/h6-11,18H,4-5H2,1-3H3. The number of para-hydroxylation sites is 1. The number of hydrogen-bond acceptors (Lipinski definition) is 4. The fourth-order valence-electron chi connectivity index (χ4n) is 2.55. The third-order valence-corrected chi connectivity index (χ3v) is 5.40. The number of nitrogens with one attached hydrogen (secondary N) is 1. The Hall–Kier alpha value is -2.41. The van der Waals surface area contributed by atoms with Gasteiger partial charge in [-0.1, -0.05) is 38.1 Å². The highest BCUT2D eigenvalue weighted by Gasteiger charge is 2.22. The zero-order valence-electron chi connectivity index (χ0n) is 13.9. The van der Waals surface area contributed by atoms with Gasteiger partial charge in [0.1, 0.15) is 0 Å². The van der Waals surface area contributed by atoms with Crippen molar-refractivity contribution in [3.63, 3.8) is 0 Å². The second-order valence-electron chi connectivity index (χ2n) is 5.47. The van der Waals surface area contributed by atoms with E-state index >= 15 is 0 Å². The second kappa shape index (κ2) is 7.00. The van der Waals surface area contributed by atoms with Gasteiger partial charge in [0.15, 0.2) is 0 Å². The number of rotatable bonds is 6. The van der Waals surface area contributed by atoms with Crippen LogP contribution in [0, 0.1) is 17.0 Å². The number of hydrogen-bond donors (Lipinski definition) is 1. The highest BCUT2D eigenvalue weighted by atomic mass is 32.2. The van der Waals surface area contributed by atoms with Crippen LogP contribution in [0.15, 0.2) is 41.3 Å². The first-order valence-electron chi connectivity index (χ1n) is 7.68. The molecule has 7 heteroatoms. The Balaban J connectivity index is 2.54. The second-order valence-corrected chi connectivity index (χ2v) is 7.12. The molecule has 2 aromatic rings. The van der Waals surface area contributed by atoms with Gasteiger partial charge in [-0.25, -0.2) is 8.42 Å². The van der Waals surface area contributed by atoms with E-state index in [4.69, 9.17) is 0 Å². The van der Waals surface area contributed by atoms with E-state index in [1.54, 1.807) is 6.92 Å². The maximum Gasteiger partial charge on any atom is 0.270 e. The van der Waals surface area contributed by atoms with Crippen molar-refractivity contribution in [3.05, 3.63) is 63.2 Å². The molecule has 2 aromatic carbocycles. The molecule has 0 radical (unpaired) electrons. The fraction of sp³-hybridized carbons (Fsp3) is 0.294. The molecule has 0 fully saturated rings. The van der Waals surface area contributed by atoms with E-state index in [0.29, 0.717) is 24.1 Å². The number of anilines is 1. The van der Waals surface area contributed by atoms with Crippen molar-refractivity contribution in [2.75, 3.05) is 4.72 Å². The van der Waals surface area contributed by atoms with Crippen LogP contribution >= 0.6 is 0 Å². The molecule has 0 heterocycles.